The molecule has 1 fully saturated rings. The van der Waals surface area contributed by atoms with Crippen molar-refractivity contribution in [1.29, 1.82) is 0 Å². The van der Waals surface area contributed by atoms with Gasteiger partial charge in [0, 0.05) is 0 Å². The minimum Gasteiger partial charge on any atom is -0.457 e. The molecule has 2 nitrogen and oxygen atoms in total. The predicted octanol–water partition coefficient (Wildman–Crippen LogP) is -0.155. The highest BCUT2D eigenvalue weighted by Gasteiger charge is 2.10. The molecule has 1 N–H and O–H groups in total. The highest BCUT2D eigenvalue weighted by molar-refractivity contribution is 4.72. The lowest BCUT2D eigenvalue weighted by atomic mass is 10.3. The molecule has 0 saturated carbocycles. The van der Waals surface area contributed by atoms with Gasteiger partial charge in [0.15, 0.2) is 0 Å². The molecule has 1 heterocycles. The summed E-state index contributed by atoms with van der Waals surface area (Å²) in [5.41, 5.74) is 0. The maximum atomic E-state index is 8.82. The average molecular weight is 100 g/mol. The number of hydrogen-bond acceptors (Lipinski definition) is 2. The quantitative estimate of drug-likeness (QED) is 0.428. The Morgan fingerprint density at radius 1 is 1.71 bits per heavy atom. The van der Waals surface area contributed by atoms with E-state index in [1.165, 1.54) is 0 Å². The molecule has 0 spiro atoms. The molecule has 1 rings (SSSR count). The van der Waals surface area contributed by atoms with Gasteiger partial charge in [0.1, 0.15) is 0 Å². The number of hydrogen-bond donors (Lipinski definition) is 1. The van der Waals surface area contributed by atoms with Gasteiger partial charge in [-0.25, -0.2) is 0 Å². The standard InChI is InChI=1S/C5H10NO/c1-6-3-2-5(7)4-6/h5,7H,1-4H2/q-1/t5-/m0/s1. The molecule has 42 valence electrons. The van der Waals surface area contributed by atoms with Crippen LogP contribution < -0.4 is 0 Å². The van der Waals surface area contributed by atoms with Crippen LogP contribution in [0.3, 0.4) is 0 Å². The van der Waals surface area contributed by atoms with Crippen LogP contribution in [0.25, 0.3) is 0 Å². The first-order valence-electron chi connectivity index (χ1n) is 2.52. The third kappa shape index (κ3) is 1.14. The summed E-state index contributed by atoms with van der Waals surface area (Å²) in [5.74, 6) is 0. The van der Waals surface area contributed by atoms with E-state index in [9.17, 15) is 0 Å². The van der Waals surface area contributed by atoms with Crippen molar-refractivity contribution < 1.29 is 5.11 Å². The molecule has 0 radical (unpaired) electrons. The van der Waals surface area contributed by atoms with Crippen LogP contribution in [0.15, 0.2) is 0 Å². The van der Waals surface area contributed by atoms with Crippen molar-refractivity contribution in [2.24, 2.45) is 0 Å². The van der Waals surface area contributed by atoms with Crippen LogP contribution >= 0.6 is 0 Å². The summed E-state index contributed by atoms with van der Waals surface area (Å²) in [6.07, 6.45) is 0.779. The second kappa shape index (κ2) is 1.80. The van der Waals surface area contributed by atoms with Crippen molar-refractivity contribution in [3.8, 4) is 0 Å². The van der Waals surface area contributed by atoms with Gasteiger partial charge >= 0.3 is 0 Å². The number of nitrogens with zero attached hydrogens (tertiary/aromatic N) is 1. The van der Waals surface area contributed by atoms with Crippen LogP contribution in [-0.4, -0.2) is 29.2 Å². The minimum absolute atomic E-state index is 0.113. The molecule has 0 aromatic heterocycles. The summed E-state index contributed by atoms with van der Waals surface area (Å²) in [7, 11) is 3.66. The lowest BCUT2D eigenvalue weighted by Crippen LogP contribution is -2.13. The molecule has 1 aliphatic heterocycles. The summed E-state index contributed by atoms with van der Waals surface area (Å²) in [6.45, 7) is 1.70. The summed E-state index contributed by atoms with van der Waals surface area (Å²) in [6, 6.07) is 0. The summed E-state index contributed by atoms with van der Waals surface area (Å²) in [5, 5.41) is 8.82. The number of β-amino-alcohol motifs (C(OH)–C–C–N with tert-alkyl or cyclic N) is 1. The summed E-state index contributed by atoms with van der Waals surface area (Å²) >= 11 is 0. The van der Waals surface area contributed by atoms with E-state index >= 15 is 0 Å². The van der Waals surface area contributed by atoms with Crippen molar-refractivity contribution in [2.75, 3.05) is 13.1 Å². The second-order valence-electron chi connectivity index (χ2n) is 2.02. The molecule has 0 unspecified atom stereocenters. The van der Waals surface area contributed by atoms with Crippen molar-refractivity contribution >= 4 is 0 Å². The van der Waals surface area contributed by atoms with E-state index < -0.39 is 0 Å². The molecule has 1 atom stereocenters. The van der Waals surface area contributed by atoms with Gasteiger partial charge in [0.2, 0.25) is 0 Å². The molecule has 0 aromatic rings. The fourth-order valence-electron chi connectivity index (χ4n) is 0.812. The highest BCUT2D eigenvalue weighted by Crippen LogP contribution is 2.05. The van der Waals surface area contributed by atoms with Gasteiger partial charge in [-0.2, -0.15) is 0 Å². The van der Waals surface area contributed by atoms with Crippen molar-refractivity contribution in [1.82, 2.24) is 4.90 Å². The minimum atomic E-state index is -0.113. The molecular formula is C5H10NO-. The molecule has 7 heavy (non-hydrogen) atoms. The molecule has 0 aromatic carbocycles. The lowest BCUT2D eigenvalue weighted by molar-refractivity contribution is 0.185. The van der Waals surface area contributed by atoms with E-state index in [1.54, 1.807) is 0 Å². The zero-order chi connectivity index (χ0) is 5.28. The Morgan fingerprint density at radius 3 is 2.57 bits per heavy atom. The van der Waals surface area contributed by atoms with Gasteiger partial charge in [-0.05, 0) is 19.5 Å². The number of likely N-dealkylation sites (tertiary alicyclic amines) is 1. The third-order valence-corrected chi connectivity index (χ3v) is 1.25. The molecule has 1 saturated heterocycles. The van der Waals surface area contributed by atoms with Crippen LogP contribution in [0.2, 0.25) is 0 Å². The third-order valence-electron chi connectivity index (χ3n) is 1.25. The summed E-state index contributed by atoms with van der Waals surface area (Å²) < 4.78 is 0. The predicted molar refractivity (Wildman–Crippen MR) is 27.6 cm³/mol. The van der Waals surface area contributed by atoms with Crippen LogP contribution in [-0.2, 0) is 0 Å². The van der Waals surface area contributed by atoms with E-state index in [2.05, 4.69) is 7.05 Å². The highest BCUT2D eigenvalue weighted by atomic mass is 16.3. The monoisotopic (exact) mass is 100 g/mol. The maximum Gasteiger partial charge on any atom is 0.0654 e. The summed E-state index contributed by atoms with van der Waals surface area (Å²) in [4.78, 5) is 1.88. The Labute approximate surface area is 43.7 Å². The van der Waals surface area contributed by atoms with Gasteiger partial charge < -0.3 is 10.0 Å². The maximum absolute atomic E-state index is 8.82. The van der Waals surface area contributed by atoms with E-state index in [4.69, 9.17) is 5.11 Å². The van der Waals surface area contributed by atoms with Gasteiger partial charge in [-0.1, -0.05) is 0 Å². The molecule has 0 amide bonds. The molecule has 2 heteroatoms. The molecule has 1 aliphatic rings. The second-order valence-corrected chi connectivity index (χ2v) is 2.02. The Morgan fingerprint density at radius 2 is 2.43 bits per heavy atom. The number of aliphatic hydroxyl groups is 1. The fourth-order valence-corrected chi connectivity index (χ4v) is 0.812. The Hall–Kier alpha value is -0.0800. The largest absolute Gasteiger partial charge is 0.457 e. The Kier molecular flexibility index (Phi) is 1.30. The van der Waals surface area contributed by atoms with E-state index in [0.29, 0.717) is 0 Å². The van der Waals surface area contributed by atoms with Crippen LogP contribution in [0, 0.1) is 7.05 Å². The molecule has 0 bridgehead atoms. The first kappa shape index (κ1) is 5.06. The fraction of sp³-hybridized carbons (Fsp3) is 0.800. The zero-order valence-corrected chi connectivity index (χ0v) is 4.30. The van der Waals surface area contributed by atoms with Gasteiger partial charge in [0.25, 0.3) is 0 Å². The van der Waals surface area contributed by atoms with Crippen LogP contribution in [0.1, 0.15) is 6.42 Å². The first-order chi connectivity index (χ1) is 3.29. The van der Waals surface area contributed by atoms with Crippen molar-refractivity contribution in [3.63, 3.8) is 0 Å². The molecular weight excluding hydrogens is 90.1 g/mol. The van der Waals surface area contributed by atoms with E-state index in [-0.39, 0.29) is 6.10 Å². The topological polar surface area (TPSA) is 23.5 Å². The number of aliphatic hydroxyl groups excluding tert-OH is 1. The molecule has 0 aliphatic carbocycles. The average Bonchev–Trinajstić information content (AvgIpc) is 1.87. The Balaban J connectivity index is 2.26. The van der Waals surface area contributed by atoms with Gasteiger partial charge in [-0.3, -0.25) is 7.05 Å². The van der Waals surface area contributed by atoms with Gasteiger partial charge in [-0.15, -0.1) is 0 Å². The smallest absolute Gasteiger partial charge is 0.0654 e. The number of rotatable bonds is 0. The first-order valence-corrected chi connectivity index (χ1v) is 2.52. The van der Waals surface area contributed by atoms with Crippen molar-refractivity contribution in [3.05, 3.63) is 7.05 Å². The van der Waals surface area contributed by atoms with E-state index in [0.717, 1.165) is 19.5 Å². The van der Waals surface area contributed by atoms with Crippen LogP contribution in [0.4, 0.5) is 0 Å². The normalized spacial score (nSPS) is 34.3. The van der Waals surface area contributed by atoms with Gasteiger partial charge in [0.05, 0.1) is 6.10 Å². The van der Waals surface area contributed by atoms with E-state index in [1.807, 2.05) is 4.90 Å². The van der Waals surface area contributed by atoms with Crippen LogP contribution in [0.5, 0.6) is 0 Å². The SMILES string of the molecule is [CH2-]N1CC[C@H](O)C1. The Bertz CT molecular complexity index is 57.1. The van der Waals surface area contributed by atoms with Crippen molar-refractivity contribution in [2.45, 2.75) is 12.5 Å². The lowest BCUT2D eigenvalue weighted by Gasteiger charge is -2.13. The zero-order valence-electron chi connectivity index (χ0n) is 4.30.